The molecular formula is C17H16BrNO3. The molecule has 3 rings (SSSR count). The van der Waals surface area contributed by atoms with Gasteiger partial charge in [0.25, 0.3) is 0 Å². The summed E-state index contributed by atoms with van der Waals surface area (Å²) in [6.45, 7) is 5.64. The number of hydrogen-bond acceptors (Lipinski definition) is 4. The predicted octanol–water partition coefficient (Wildman–Crippen LogP) is 5.19. The van der Waals surface area contributed by atoms with Crippen molar-refractivity contribution in [2.75, 3.05) is 0 Å². The smallest absolute Gasteiger partial charge is 0.138 e. The second kappa shape index (κ2) is 6.02. The summed E-state index contributed by atoms with van der Waals surface area (Å²) in [5.41, 5.74) is 4.38. The van der Waals surface area contributed by atoms with E-state index >= 15 is 0 Å². The number of nitrogens with one attached hydrogen (secondary N) is 1. The minimum atomic E-state index is 0.545. The molecule has 0 spiro atoms. The Bertz CT molecular complexity index is 832. The fourth-order valence-electron chi connectivity index (χ4n) is 2.46. The first-order valence-corrected chi connectivity index (χ1v) is 7.73. The van der Waals surface area contributed by atoms with Crippen LogP contribution in [0.2, 0.25) is 0 Å². The first kappa shape index (κ1) is 14.9. The molecule has 0 amide bonds. The Balaban J connectivity index is 2.11. The second-order valence-corrected chi connectivity index (χ2v) is 6.08. The van der Waals surface area contributed by atoms with E-state index in [1.165, 1.54) is 0 Å². The Morgan fingerprint density at radius 1 is 1.27 bits per heavy atom. The highest BCUT2D eigenvalue weighted by Crippen LogP contribution is 2.37. The van der Waals surface area contributed by atoms with Crippen molar-refractivity contribution in [1.29, 1.82) is 0 Å². The molecule has 2 heterocycles. The molecule has 5 heteroatoms. The average Bonchev–Trinajstić information content (AvgIpc) is 3.07. The Labute approximate surface area is 136 Å². The van der Waals surface area contributed by atoms with Gasteiger partial charge in [0.05, 0.1) is 5.56 Å². The Morgan fingerprint density at radius 3 is 2.77 bits per heavy atom. The molecule has 114 valence electrons. The van der Waals surface area contributed by atoms with Gasteiger partial charge in [0.2, 0.25) is 0 Å². The van der Waals surface area contributed by atoms with E-state index in [1.54, 1.807) is 0 Å². The Kier molecular flexibility index (Phi) is 4.09. The van der Waals surface area contributed by atoms with E-state index in [1.807, 2.05) is 37.3 Å². The molecular weight excluding hydrogens is 346 g/mol. The van der Waals surface area contributed by atoms with Crippen molar-refractivity contribution in [2.24, 2.45) is 0 Å². The first-order chi connectivity index (χ1) is 10.6. The van der Waals surface area contributed by atoms with Crippen LogP contribution in [0.25, 0.3) is 22.3 Å². The van der Waals surface area contributed by atoms with Crippen molar-refractivity contribution in [1.82, 2.24) is 5.48 Å². The number of rotatable bonds is 5. The zero-order valence-electron chi connectivity index (χ0n) is 12.1. The molecule has 1 aromatic carbocycles. The van der Waals surface area contributed by atoms with Gasteiger partial charge < -0.3 is 8.83 Å². The van der Waals surface area contributed by atoms with Crippen LogP contribution in [-0.4, -0.2) is 5.21 Å². The fraction of sp³-hybridized carbons (Fsp3) is 0.176. The molecule has 0 bridgehead atoms. The maximum Gasteiger partial charge on any atom is 0.138 e. The van der Waals surface area contributed by atoms with Gasteiger partial charge in [-0.2, -0.15) is 0 Å². The summed E-state index contributed by atoms with van der Waals surface area (Å²) in [5.74, 6) is 2.46. The average molecular weight is 362 g/mol. The number of aryl methyl sites for hydroxylation is 2. The quantitative estimate of drug-likeness (QED) is 0.614. The third-order valence-electron chi connectivity index (χ3n) is 3.52. The lowest BCUT2D eigenvalue weighted by Gasteiger charge is -2.03. The van der Waals surface area contributed by atoms with E-state index in [0.29, 0.717) is 18.5 Å². The van der Waals surface area contributed by atoms with Crippen LogP contribution < -0.4 is 5.48 Å². The van der Waals surface area contributed by atoms with E-state index in [0.717, 1.165) is 38.3 Å². The van der Waals surface area contributed by atoms with Crippen LogP contribution in [-0.2, 0) is 6.42 Å². The van der Waals surface area contributed by atoms with Gasteiger partial charge in [-0.25, -0.2) is 0 Å². The lowest BCUT2D eigenvalue weighted by Crippen LogP contribution is -2.05. The van der Waals surface area contributed by atoms with Gasteiger partial charge in [0, 0.05) is 22.0 Å². The molecule has 3 aromatic rings. The van der Waals surface area contributed by atoms with Crippen LogP contribution in [0.15, 0.2) is 55.9 Å². The van der Waals surface area contributed by atoms with Crippen molar-refractivity contribution < 1.29 is 14.0 Å². The Hall–Kier alpha value is -1.98. The lowest BCUT2D eigenvalue weighted by atomic mass is 10.1. The highest BCUT2D eigenvalue weighted by Gasteiger charge is 2.19. The normalized spacial score (nSPS) is 11.0. The number of hydrogen-bond donors (Lipinski definition) is 2. The number of fused-ring (bicyclic) bond motifs is 1. The zero-order chi connectivity index (χ0) is 15.7. The maximum absolute atomic E-state index is 8.87. The number of hydroxylamine groups is 1. The van der Waals surface area contributed by atoms with Gasteiger partial charge in [0.15, 0.2) is 0 Å². The van der Waals surface area contributed by atoms with Gasteiger partial charge in [-0.3, -0.25) is 10.7 Å². The van der Waals surface area contributed by atoms with Crippen LogP contribution in [0.5, 0.6) is 0 Å². The molecule has 0 radical (unpaired) electrons. The number of benzene rings is 1. The van der Waals surface area contributed by atoms with Gasteiger partial charge in [-0.05, 0) is 43.7 Å². The minimum absolute atomic E-state index is 0.545. The maximum atomic E-state index is 8.87. The van der Waals surface area contributed by atoms with E-state index in [-0.39, 0.29) is 0 Å². The van der Waals surface area contributed by atoms with Crippen molar-refractivity contribution >= 4 is 26.9 Å². The van der Waals surface area contributed by atoms with Crippen LogP contribution in [0.3, 0.4) is 0 Å². The predicted molar refractivity (Wildman–Crippen MR) is 88.7 cm³/mol. The molecule has 0 aliphatic heterocycles. The molecule has 0 atom stereocenters. The van der Waals surface area contributed by atoms with E-state index < -0.39 is 0 Å². The van der Waals surface area contributed by atoms with Crippen LogP contribution in [0, 0.1) is 6.92 Å². The second-order valence-electron chi connectivity index (χ2n) is 5.17. The molecule has 0 fully saturated rings. The van der Waals surface area contributed by atoms with Crippen molar-refractivity contribution in [3.8, 4) is 11.3 Å². The molecule has 0 unspecified atom stereocenters. The van der Waals surface area contributed by atoms with Crippen molar-refractivity contribution in [3.05, 3.63) is 58.6 Å². The third-order valence-corrected chi connectivity index (χ3v) is 4.01. The lowest BCUT2D eigenvalue weighted by molar-refractivity contribution is 0.196. The standard InChI is InChI=1S/C17H16BrNO3/c1-10(19-20)3-6-16-17(15-7-4-11(2)21-15)13-9-12(18)5-8-14(13)22-16/h4-5,7-9,19-20H,1,3,6H2,2H3. The van der Waals surface area contributed by atoms with Crippen LogP contribution in [0.1, 0.15) is 17.9 Å². The summed E-state index contributed by atoms with van der Waals surface area (Å²) in [6, 6.07) is 9.78. The van der Waals surface area contributed by atoms with Crippen molar-refractivity contribution in [2.45, 2.75) is 19.8 Å². The largest absolute Gasteiger partial charge is 0.461 e. The number of halogens is 1. The molecule has 2 N–H and O–H groups in total. The van der Waals surface area contributed by atoms with E-state index in [2.05, 4.69) is 28.0 Å². The summed E-state index contributed by atoms with van der Waals surface area (Å²) in [7, 11) is 0. The summed E-state index contributed by atoms with van der Waals surface area (Å²) in [5, 5.41) is 9.87. The van der Waals surface area contributed by atoms with Crippen LogP contribution in [0.4, 0.5) is 0 Å². The van der Waals surface area contributed by atoms with Gasteiger partial charge in [0.1, 0.15) is 22.9 Å². The van der Waals surface area contributed by atoms with Crippen LogP contribution >= 0.6 is 15.9 Å². The Morgan fingerprint density at radius 2 is 2.09 bits per heavy atom. The molecule has 22 heavy (non-hydrogen) atoms. The number of furan rings is 2. The SMILES string of the molecule is C=C(CCc1oc2ccc(Br)cc2c1-c1ccc(C)o1)NO. The highest BCUT2D eigenvalue weighted by molar-refractivity contribution is 9.10. The molecule has 4 nitrogen and oxygen atoms in total. The first-order valence-electron chi connectivity index (χ1n) is 6.94. The molecule has 2 aromatic heterocycles. The van der Waals surface area contributed by atoms with Gasteiger partial charge >= 0.3 is 0 Å². The summed E-state index contributed by atoms with van der Waals surface area (Å²) in [6.07, 6.45) is 1.19. The zero-order valence-corrected chi connectivity index (χ0v) is 13.7. The van der Waals surface area contributed by atoms with Gasteiger partial charge in [-0.15, -0.1) is 0 Å². The number of allylic oxidation sites excluding steroid dienone is 1. The molecule has 0 saturated heterocycles. The van der Waals surface area contributed by atoms with E-state index in [4.69, 9.17) is 14.0 Å². The summed E-state index contributed by atoms with van der Waals surface area (Å²) < 4.78 is 12.8. The topological polar surface area (TPSA) is 58.5 Å². The van der Waals surface area contributed by atoms with E-state index in [9.17, 15) is 0 Å². The monoisotopic (exact) mass is 361 g/mol. The summed E-state index contributed by atoms with van der Waals surface area (Å²) in [4.78, 5) is 0. The summed E-state index contributed by atoms with van der Waals surface area (Å²) >= 11 is 3.50. The van der Waals surface area contributed by atoms with Crippen molar-refractivity contribution in [3.63, 3.8) is 0 Å². The fourth-order valence-corrected chi connectivity index (χ4v) is 2.82. The molecule has 0 aliphatic rings. The highest BCUT2D eigenvalue weighted by atomic mass is 79.9. The van der Waals surface area contributed by atoms with Gasteiger partial charge in [-0.1, -0.05) is 22.5 Å². The minimum Gasteiger partial charge on any atom is -0.461 e. The molecule has 0 saturated carbocycles. The molecule has 0 aliphatic carbocycles. The third kappa shape index (κ3) is 2.82.